The standard InChI is InChI=1S/C14H9ClFNO3S/c1-8(18)9-2-5-14(13(6-9)17(19)20)21-10-3-4-12(16)11(15)7-10/h2-7H,1H3. The second-order valence-electron chi connectivity index (χ2n) is 4.17. The van der Waals surface area contributed by atoms with Crippen molar-refractivity contribution in [1.29, 1.82) is 0 Å². The average molecular weight is 326 g/mol. The summed E-state index contributed by atoms with van der Waals surface area (Å²) in [6.07, 6.45) is 0. The number of ketones is 1. The van der Waals surface area contributed by atoms with Gasteiger partial charge >= 0.3 is 0 Å². The van der Waals surface area contributed by atoms with Crippen LogP contribution in [-0.4, -0.2) is 10.7 Å². The third-order valence-electron chi connectivity index (χ3n) is 2.68. The van der Waals surface area contributed by atoms with Crippen LogP contribution in [-0.2, 0) is 0 Å². The maximum absolute atomic E-state index is 13.1. The number of nitro groups is 1. The summed E-state index contributed by atoms with van der Waals surface area (Å²) >= 11 is 6.76. The van der Waals surface area contributed by atoms with E-state index in [2.05, 4.69) is 0 Å². The fraction of sp³-hybridized carbons (Fsp3) is 0.0714. The quantitative estimate of drug-likeness (QED) is 0.462. The highest BCUT2D eigenvalue weighted by molar-refractivity contribution is 7.99. The largest absolute Gasteiger partial charge is 0.295 e. The van der Waals surface area contributed by atoms with Crippen LogP contribution in [0.2, 0.25) is 5.02 Å². The number of carbonyl (C=O) groups is 1. The minimum absolute atomic E-state index is 0.0528. The number of carbonyl (C=O) groups excluding carboxylic acids is 1. The van der Waals surface area contributed by atoms with E-state index < -0.39 is 10.7 Å². The summed E-state index contributed by atoms with van der Waals surface area (Å²) in [5, 5.41) is 11.0. The van der Waals surface area contributed by atoms with E-state index in [1.165, 1.54) is 43.3 Å². The Kier molecular flexibility index (Phi) is 4.59. The molecular weight excluding hydrogens is 317 g/mol. The number of hydrogen-bond acceptors (Lipinski definition) is 4. The zero-order valence-corrected chi connectivity index (χ0v) is 12.4. The Morgan fingerprint density at radius 2 is 2.00 bits per heavy atom. The molecule has 0 unspecified atom stereocenters. The Hall–Kier alpha value is -1.92. The normalized spacial score (nSPS) is 10.4. The highest BCUT2D eigenvalue weighted by Crippen LogP contribution is 2.36. The van der Waals surface area contributed by atoms with Crippen LogP contribution in [0.1, 0.15) is 17.3 Å². The van der Waals surface area contributed by atoms with Crippen molar-refractivity contribution >= 4 is 34.8 Å². The molecule has 0 saturated heterocycles. The number of nitro benzene ring substituents is 1. The fourth-order valence-corrected chi connectivity index (χ4v) is 2.82. The molecule has 2 aromatic carbocycles. The average Bonchev–Trinajstić information content (AvgIpc) is 2.43. The van der Waals surface area contributed by atoms with Crippen LogP contribution in [0.25, 0.3) is 0 Å². The Morgan fingerprint density at radius 1 is 1.29 bits per heavy atom. The monoisotopic (exact) mass is 325 g/mol. The fourth-order valence-electron chi connectivity index (χ4n) is 1.63. The third-order valence-corrected chi connectivity index (χ3v) is 4.03. The number of rotatable bonds is 4. The second kappa shape index (κ2) is 6.24. The summed E-state index contributed by atoms with van der Waals surface area (Å²) < 4.78 is 13.1. The van der Waals surface area contributed by atoms with Gasteiger partial charge in [-0.05, 0) is 37.3 Å². The first-order valence-corrected chi connectivity index (χ1v) is 7.00. The Labute approximate surface area is 129 Å². The van der Waals surface area contributed by atoms with Crippen molar-refractivity contribution < 1.29 is 14.1 Å². The van der Waals surface area contributed by atoms with Crippen LogP contribution >= 0.6 is 23.4 Å². The van der Waals surface area contributed by atoms with Gasteiger partial charge in [0.25, 0.3) is 5.69 Å². The molecule has 0 fully saturated rings. The molecule has 0 aliphatic heterocycles. The van der Waals surface area contributed by atoms with Crippen molar-refractivity contribution in [2.75, 3.05) is 0 Å². The molecule has 0 N–H and O–H groups in total. The minimum Gasteiger partial charge on any atom is -0.295 e. The van der Waals surface area contributed by atoms with E-state index in [4.69, 9.17) is 11.6 Å². The number of hydrogen-bond donors (Lipinski definition) is 0. The van der Waals surface area contributed by atoms with Crippen molar-refractivity contribution in [3.63, 3.8) is 0 Å². The van der Waals surface area contributed by atoms with Crippen molar-refractivity contribution in [3.05, 3.63) is 62.9 Å². The number of nitrogens with zero attached hydrogens (tertiary/aromatic N) is 1. The molecule has 0 aliphatic carbocycles. The smallest absolute Gasteiger partial charge is 0.283 e. The summed E-state index contributed by atoms with van der Waals surface area (Å²) in [5.74, 6) is -0.804. The minimum atomic E-state index is -0.556. The molecule has 0 amide bonds. The summed E-state index contributed by atoms with van der Waals surface area (Å²) in [5.41, 5.74) is 0.0938. The zero-order valence-electron chi connectivity index (χ0n) is 10.8. The van der Waals surface area contributed by atoms with Crippen molar-refractivity contribution in [2.45, 2.75) is 16.7 Å². The number of benzene rings is 2. The lowest BCUT2D eigenvalue weighted by atomic mass is 10.1. The SMILES string of the molecule is CC(=O)c1ccc(Sc2ccc(F)c(Cl)c2)c([N+](=O)[O-])c1. The van der Waals surface area contributed by atoms with Gasteiger partial charge in [-0.15, -0.1) is 0 Å². The first-order valence-electron chi connectivity index (χ1n) is 5.81. The molecule has 0 spiro atoms. The van der Waals surface area contributed by atoms with E-state index in [0.29, 0.717) is 9.79 Å². The van der Waals surface area contributed by atoms with Gasteiger partial charge < -0.3 is 0 Å². The predicted octanol–water partition coefficient (Wildman–Crippen LogP) is 4.74. The molecule has 0 saturated carbocycles. The molecule has 0 aliphatic rings. The van der Waals surface area contributed by atoms with E-state index in [1.54, 1.807) is 0 Å². The van der Waals surface area contributed by atoms with Gasteiger partial charge in [0.05, 0.1) is 14.8 Å². The van der Waals surface area contributed by atoms with Gasteiger partial charge in [-0.2, -0.15) is 0 Å². The molecule has 108 valence electrons. The van der Waals surface area contributed by atoms with Crippen LogP contribution < -0.4 is 0 Å². The number of halogens is 2. The van der Waals surface area contributed by atoms with Crippen LogP contribution in [0, 0.1) is 15.9 Å². The Bertz CT molecular complexity index is 736. The van der Waals surface area contributed by atoms with Gasteiger partial charge in [0.1, 0.15) is 5.82 Å². The molecule has 7 heteroatoms. The molecule has 0 heterocycles. The second-order valence-corrected chi connectivity index (χ2v) is 5.70. The van der Waals surface area contributed by atoms with Gasteiger partial charge in [-0.1, -0.05) is 23.4 Å². The van der Waals surface area contributed by atoms with E-state index in [1.807, 2.05) is 0 Å². The summed E-state index contributed by atoms with van der Waals surface area (Å²) in [6.45, 7) is 1.34. The molecule has 0 radical (unpaired) electrons. The molecule has 2 rings (SSSR count). The van der Waals surface area contributed by atoms with Gasteiger partial charge in [0, 0.05) is 16.5 Å². The summed E-state index contributed by atoms with van der Waals surface area (Å²) in [7, 11) is 0. The molecular formula is C14H9ClFNO3S. The van der Waals surface area contributed by atoms with Gasteiger partial charge in [0.2, 0.25) is 0 Å². The Morgan fingerprint density at radius 3 is 2.57 bits per heavy atom. The molecule has 0 aromatic heterocycles. The summed E-state index contributed by atoms with van der Waals surface area (Å²) in [6, 6.07) is 8.31. The van der Waals surface area contributed by atoms with E-state index in [-0.39, 0.29) is 22.1 Å². The van der Waals surface area contributed by atoms with E-state index in [0.717, 1.165) is 11.8 Å². The molecule has 2 aromatic rings. The topological polar surface area (TPSA) is 60.2 Å². The molecule has 0 atom stereocenters. The zero-order chi connectivity index (χ0) is 15.6. The van der Waals surface area contributed by atoms with Crippen molar-refractivity contribution in [3.8, 4) is 0 Å². The molecule has 4 nitrogen and oxygen atoms in total. The summed E-state index contributed by atoms with van der Waals surface area (Å²) in [4.78, 5) is 22.8. The first-order chi connectivity index (χ1) is 9.88. The van der Waals surface area contributed by atoms with Crippen LogP contribution in [0.5, 0.6) is 0 Å². The lowest BCUT2D eigenvalue weighted by Crippen LogP contribution is -1.97. The highest BCUT2D eigenvalue weighted by atomic mass is 35.5. The molecule has 21 heavy (non-hydrogen) atoms. The maximum Gasteiger partial charge on any atom is 0.283 e. The maximum atomic E-state index is 13.1. The van der Waals surface area contributed by atoms with Crippen LogP contribution in [0.15, 0.2) is 46.2 Å². The van der Waals surface area contributed by atoms with E-state index in [9.17, 15) is 19.3 Å². The van der Waals surface area contributed by atoms with Gasteiger partial charge in [-0.3, -0.25) is 14.9 Å². The van der Waals surface area contributed by atoms with Crippen molar-refractivity contribution in [1.82, 2.24) is 0 Å². The lowest BCUT2D eigenvalue weighted by Gasteiger charge is -2.05. The lowest BCUT2D eigenvalue weighted by molar-refractivity contribution is -0.387. The van der Waals surface area contributed by atoms with Crippen molar-refractivity contribution in [2.24, 2.45) is 0 Å². The predicted molar refractivity (Wildman–Crippen MR) is 78.6 cm³/mol. The van der Waals surface area contributed by atoms with Gasteiger partial charge in [0.15, 0.2) is 5.78 Å². The highest BCUT2D eigenvalue weighted by Gasteiger charge is 2.17. The molecule has 0 bridgehead atoms. The first kappa shape index (κ1) is 15.5. The van der Waals surface area contributed by atoms with Gasteiger partial charge in [-0.25, -0.2) is 4.39 Å². The van der Waals surface area contributed by atoms with Crippen LogP contribution in [0.3, 0.4) is 0 Å². The van der Waals surface area contributed by atoms with Crippen LogP contribution in [0.4, 0.5) is 10.1 Å². The third kappa shape index (κ3) is 3.59. The van der Waals surface area contributed by atoms with E-state index >= 15 is 0 Å². The Balaban J connectivity index is 2.41. The number of Topliss-reactive ketones (excluding diaryl/α,β-unsaturated/α-hetero) is 1.